The van der Waals surface area contributed by atoms with Crippen molar-refractivity contribution in [2.75, 3.05) is 24.5 Å². The third-order valence-corrected chi connectivity index (χ3v) is 8.93. The molecular weight excluding hydrogens is 606 g/mol. The van der Waals surface area contributed by atoms with Crippen molar-refractivity contribution in [1.82, 2.24) is 31.6 Å². The Morgan fingerprint density at radius 2 is 1.78 bits per heavy atom. The molecule has 6 amide bonds. The van der Waals surface area contributed by atoms with Crippen LogP contribution in [0, 0.1) is 5.92 Å². The Balaban J connectivity index is 1.36. The summed E-state index contributed by atoms with van der Waals surface area (Å²) in [6.45, 7) is 5.23. The van der Waals surface area contributed by atoms with Crippen LogP contribution >= 0.6 is 11.3 Å². The van der Waals surface area contributed by atoms with Crippen molar-refractivity contribution < 1.29 is 24.0 Å². The first-order chi connectivity index (χ1) is 22.2. The van der Waals surface area contributed by atoms with Crippen molar-refractivity contribution in [3.05, 3.63) is 81.8 Å². The number of anilines is 1. The molecule has 46 heavy (non-hydrogen) atoms. The second-order valence-electron chi connectivity index (χ2n) is 11.8. The first-order valence-electron chi connectivity index (χ1n) is 15.5. The van der Waals surface area contributed by atoms with Gasteiger partial charge in [-0.1, -0.05) is 50.2 Å². The normalized spacial score (nSPS) is 21.3. The fourth-order valence-corrected chi connectivity index (χ4v) is 6.47. The van der Waals surface area contributed by atoms with Gasteiger partial charge < -0.3 is 26.6 Å². The number of benzene rings is 2. The summed E-state index contributed by atoms with van der Waals surface area (Å²) in [7, 11) is 0. The SMILES string of the molecule is CC(C)[C@H]1NC(=O)[C@@H](NC(=O)c2cccc(N3CCNC3=O)c2)CCCCNC(=O)[C@@H](Cc2ccccc2)NC(=O)c2csc1n2. The number of fused-ring (bicyclic) bond motifs is 2. The Morgan fingerprint density at radius 3 is 2.52 bits per heavy atom. The zero-order valence-corrected chi connectivity index (χ0v) is 26.7. The number of urea groups is 1. The topological polar surface area (TPSA) is 162 Å². The Bertz CT molecular complexity index is 1580. The van der Waals surface area contributed by atoms with Gasteiger partial charge >= 0.3 is 6.03 Å². The summed E-state index contributed by atoms with van der Waals surface area (Å²) in [6.07, 6.45) is 1.74. The molecule has 13 heteroatoms. The molecule has 12 nitrogen and oxygen atoms in total. The maximum atomic E-state index is 13.7. The zero-order valence-electron chi connectivity index (χ0n) is 25.9. The second kappa shape index (κ2) is 15.0. The van der Waals surface area contributed by atoms with Crippen LogP contribution in [0.25, 0.3) is 0 Å². The van der Waals surface area contributed by atoms with Crippen LogP contribution in [0.3, 0.4) is 0 Å². The van der Waals surface area contributed by atoms with E-state index in [2.05, 4.69) is 31.6 Å². The molecule has 5 rings (SSSR count). The maximum Gasteiger partial charge on any atom is 0.321 e. The van der Waals surface area contributed by atoms with E-state index in [-0.39, 0.29) is 29.5 Å². The number of hydrogen-bond donors (Lipinski definition) is 5. The number of nitrogens with one attached hydrogen (secondary N) is 5. The lowest BCUT2D eigenvalue weighted by atomic mass is 10.0. The third-order valence-electron chi connectivity index (χ3n) is 8.01. The van der Waals surface area contributed by atoms with Gasteiger partial charge in [0.15, 0.2) is 0 Å². The van der Waals surface area contributed by atoms with E-state index in [0.717, 1.165) is 5.56 Å². The fourth-order valence-electron chi connectivity index (χ4n) is 5.45. The third kappa shape index (κ3) is 8.08. The molecule has 1 saturated heterocycles. The van der Waals surface area contributed by atoms with Gasteiger partial charge in [-0.05, 0) is 48.9 Å². The van der Waals surface area contributed by atoms with E-state index in [1.165, 1.54) is 11.3 Å². The van der Waals surface area contributed by atoms with E-state index in [0.29, 0.717) is 61.6 Å². The number of nitrogens with zero attached hydrogens (tertiary/aromatic N) is 2. The Hall–Kier alpha value is -4.78. The maximum absolute atomic E-state index is 13.7. The quantitative estimate of drug-likeness (QED) is 0.277. The molecule has 1 aromatic heterocycles. The fraction of sp³-hybridized carbons (Fsp3) is 0.394. The highest BCUT2D eigenvalue weighted by atomic mass is 32.1. The number of carbonyl (C=O) groups is 5. The molecule has 1 fully saturated rings. The van der Waals surface area contributed by atoms with Crippen LogP contribution in [-0.2, 0) is 16.0 Å². The molecule has 0 unspecified atom stereocenters. The molecular formula is C33H39N7O5S. The molecule has 3 atom stereocenters. The van der Waals surface area contributed by atoms with Crippen LogP contribution in [0.5, 0.6) is 0 Å². The molecule has 2 bridgehead atoms. The van der Waals surface area contributed by atoms with Crippen LogP contribution in [0.2, 0.25) is 0 Å². The van der Waals surface area contributed by atoms with Gasteiger partial charge in [-0.15, -0.1) is 11.3 Å². The summed E-state index contributed by atoms with van der Waals surface area (Å²) in [5.74, 6) is -1.67. The lowest BCUT2D eigenvalue weighted by molar-refractivity contribution is -0.124. The van der Waals surface area contributed by atoms with Crippen LogP contribution in [0.15, 0.2) is 60.0 Å². The van der Waals surface area contributed by atoms with E-state index in [4.69, 9.17) is 0 Å². The van der Waals surface area contributed by atoms with E-state index in [1.54, 1.807) is 34.5 Å². The number of amides is 6. The highest BCUT2D eigenvalue weighted by Gasteiger charge is 2.30. The summed E-state index contributed by atoms with van der Waals surface area (Å²) in [6, 6.07) is 13.8. The van der Waals surface area contributed by atoms with E-state index >= 15 is 0 Å². The predicted molar refractivity (Wildman–Crippen MR) is 175 cm³/mol. The van der Waals surface area contributed by atoms with Gasteiger partial charge in [0.1, 0.15) is 22.8 Å². The van der Waals surface area contributed by atoms with Gasteiger partial charge in [0.25, 0.3) is 11.8 Å². The molecule has 0 saturated carbocycles. The first kappa shape index (κ1) is 32.6. The predicted octanol–water partition coefficient (Wildman–Crippen LogP) is 2.93. The number of carbonyl (C=O) groups excluding carboxylic acids is 5. The molecule has 2 aliphatic rings. The number of hydrogen-bond acceptors (Lipinski definition) is 7. The Labute approximate surface area is 271 Å². The van der Waals surface area contributed by atoms with Gasteiger partial charge in [0.2, 0.25) is 11.8 Å². The van der Waals surface area contributed by atoms with Crippen molar-refractivity contribution in [2.45, 2.75) is 57.7 Å². The van der Waals surface area contributed by atoms with E-state index in [9.17, 15) is 24.0 Å². The second-order valence-corrected chi connectivity index (χ2v) is 12.7. The molecule has 0 aliphatic carbocycles. The minimum atomic E-state index is -0.871. The van der Waals surface area contributed by atoms with Crippen molar-refractivity contribution in [3.63, 3.8) is 0 Å². The van der Waals surface area contributed by atoms with Crippen molar-refractivity contribution in [2.24, 2.45) is 5.92 Å². The van der Waals surface area contributed by atoms with E-state index < -0.39 is 29.9 Å². The molecule has 2 aliphatic heterocycles. The lowest BCUT2D eigenvalue weighted by Crippen LogP contribution is -2.49. The van der Waals surface area contributed by atoms with Crippen molar-refractivity contribution in [3.8, 4) is 0 Å². The molecule has 3 heterocycles. The standard InChI is InChI=1S/C33H39N7O5S/c1-20(2)27-32-38-26(19-46-32)31(44)37-25(17-21-9-4-3-5-10-21)29(42)34-14-7-6-13-24(30(43)39-27)36-28(41)22-11-8-12-23(18-22)40-16-15-35-33(40)45/h3-5,8-12,18-20,24-25,27H,6-7,13-17H2,1-2H3,(H,34,42)(H,35,45)(H,36,41)(H,37,44)(H,39,43)/t24-,25+,27+/m0/s1. The average Bonchev–Trinajstić information content (AvgIpc) is 3.72. The van der Waals surface area contributed by atoms with Crippen LogP contribution in [-0.4, -0.2) is 66.4 Å². The summed E-state index contributed by atoms with van der Waals surface area (Å²) in [4.78, 5) is 71.9. The summed E-state index contributed by atoms with van der Waals surface area (Å²) >= 11 is 1.25. The smallest absolute Gasteiger partial charge is 0.321 e. The lowest BCUT2D eigenvalue weighted by Gasteiger charge is -2.25. The Morgan fingerprint density at radius 1 is 0.978 bits per heavy atom. The highest BCUT2D eigenvalue weighted by molar-refractivity contribution is 7.09. The summed E-state index contributed by atoms with van der Waals surface area (Å²) in [5, 5.41) is 16.6. The number of aromatic nitrogens is 1. The van der Waals surface area contributed by atoms with Crippen molar-refractivity contribution >= 4 is 46.7 Å². The first-order valence-corrected chi connectivity index (χ1v) is 16.4. The Kier molecular flexibility index (Phi) is 10.6. The molecule has 0 radical (unpaired) electrons. The van der Waals surface area contributed by atoms with Gasteiger partial charge in [-0.2, -0.15) is 0 Å². The largest absolute Gasteiger partial charge is 0.354 e. The minimum Gasteiger partial charge on any atom is -0.354 e. The van der Waals surface area contributed by atoms with E-state index in [1.807, 2.05) is 44.2 Å². The number of thiazole rings is 1. The molecule has 242 valence electrons. The van der Waals surface area contributed by atoms with Gasteiger partial charge in [-0.25, -0.2) is 9.78 Å². The van der Waals surface area contributed by atoms with Gasteiger partial charge in [-0.3, -0.25) is 24.1 Å². The molecule has 5 N–H and O–H groups in total. The van der Waals surface area contributed by atoms with Gasteiger partial charge in [0.05, 0.1) is 6.04 Å². The summed E-state index contributed by atoms with van der Waals surface area (Å²) < 4.78 is 0. The van der Waals surface area contributed by atoms with Crippen LogP contribution < -0.4 is 31.5 Å². The summed E-state index contributed by atoms with van der Waals surface area (Å²) in [5.41, 5.74) is 1.99. The van der Waals surface area contributed by atoms with Crippen LogP contribution in [0.4, 0.5) is 10.5 Å². The molecule has 0 spiro atoms. The monoisotopic (exact) mass is 645 g/mol. The van der Waals surface area contributed by atoms with Gasteiger partial charge in [0, 0.05) is 42.7 Å². The minimum absolute atomic E-state index is 0.0684. The molecule has 2 aromatic carbocycles. The van der Waals surface area contributed by atoms with Crippen LogP contribution in [0.1, 0.15) is 70.6 Å². The average molecular weight is 646 g/mol. The number of rotatable bonds is 6. The zero-order chi connectivity index (χ0) is 32.6. The van der Waals surface area contributed by atoms with Crippen molar-refractivity contribution in [1.29, 1.82) is 0 Å². The highest BCUT2D eigenvalue weighted by Crippen LogP contribution is 2.26. The molecule has 3 aromatic rings.